The topological polar surface area (TPSA) is 80.3 Å². The van der Waals surface area contributed by atoms with E-state index in [0.717, 1.165) is 5.56 Å². The van der Waals surface area contributed by atoms with Crippen LogP contribution in [0.3, 0.4) is 0 Å². The summed E-state index contributed by atoms with van der Waals surface area (Å²) in [6.45, 7) is 1.91. The van der Waals surface area contributed by atoms with Gasteiger partial charge in [-0.25, -0.2) is 0 Å². The van der Waals surface area contributed by atoms with Crippen LogP contribution < -0.4 is 15.4 Å². The van der Waals surface area contributed by atoms with Gasteiger partial charge < -0.3 is 15.4 Å². The molecule has 0 radical (unpaired) electrons. The van der Waals surface area contributed by atoms with E-state index in [9.17, 15) is 9.59 Å². The fourth-order valence-corrected chi connectivity index (χ4v) is 2.50. The number of para-hydroxylation sites is 1. The highest BCUT2D eigenvalue weighted by Crippen LogP contribution is 2.18. The standard InChI is InChI=1S/C21H19N3O3/c1-14-6-3-4-9-19(14)24-21(26)16-10-15(12-22-13-16)20(25)23-17-7-5-8-18(11-17)27-2/h3-13H,1-2H3,(H,23,25)(H,24,26). The molecule has 2 amide bonds. The van der Waals surface area contributed by atoms with Crippen LogP contribution in [0.2, 0.25) is 0 Å². The Labute approximate surface area is 157 Å². The van der Waals surface area contributed by atoms with Crippen molar-refractivity contribution in [2.24, 2.45) is 0 Å². The molecule has 0 unspecified atom stereocenters. The molecular weight excluding hydrogens is 342 g/mol. The molecule has 1 aromatic heterocycles. The number of methoxy groups -OCH3 is 1. The zero-order chi connectivity index (χ0) is 19.2. The second-order valence-corrected chi connectivity index (χ2v) is 5.92. The molecular formula is C21H19N3O3. The summed E-state index contributed by atoms with van der Waals surface area (Å²) in [6, 6.07) is 16.0. The van der Waals surface area contributed by atoms with E-state index >= 15 is 0 Å². The molecule has 0 aliphatic rings. The van der Waals surface area contributed by atoms with Crippen LogP contribution >= 0.6 is 0 Å². The van der Waals surface area contributed by atoms with Crippen LogP contribution in [0.25, 0.3) is 0 Å². The molecule has 0 aliphatic heterocycles. The van der Waals surface area contributed by atoms with Crippen molar-refractivity contribution in [1.29, 1.82) is 0 Å². The Morgan fingerprint density at radius 3 is 2.30 bits per heavy atom. The summed E-state index contributed by atoms with van der Waals surface area (Å²) in [5.41, 5.74) is 2.85. The van der Waals surface area contributed by atoms with Crippen LogP contribution in [0.4, 0.5) is 11.4 Å². The number of nitrogens with one attached hydrogen (secondary N) is 2. The molecule has 3 rings (SSSR count). The fraction of sp³-hybridized carbons (Fsp3) is 0.0952. The summed E-state index contributed by atoms with van der Waals surface area (Å²) < 4.78 is 5.14. The van der Waals surface area contributed by atoms with Gasteiger partial charge in [-0.05, 0) is 36.8 Å². The summed E-state index contributed by atoms with van der Waals surface area (Å²) in [5, 5.41) is 5.60. The van der Waals surface area contributed by atoms with Gasteiger partial charge in [0.15, 0.2) is 0 Å². The molecule has 0 saturated carbocycles. The smallest absolute Gasteiger partial charge is 0.257 e. The monoisotopic (exact) mass is 361 g/mol. The first-order chi connectivity index (χ1) is 13.1. The lowest BCUT2D eigenvalue weighted by atomic mass is 10.1. The fourth-order valence-electron chi connectivity index (χ4n) is 2.50. The van der Waals surface area contributed by atoms with Gasteiger partial charge in [0.2, 0.25) is 0 Å². The summed E-state index contributed by atoms with van der Waals surface area (Å²) in [4.78, 5) is 29.0. The maximum absolute atomic E-state index is 12.5. The third-order valence-electron chi connectivity index (χ3n) is 3.98. The second-order valence-electron chi connectivity index (χ2n) is 5.92. The first-order valence-corrected chi connectivity index (χ1v) is 8.34. The number of amides is 2. The van der Waals surface area contributed by atoms with Crippen molar-refractivity contribution in [2.75, 3.05) is 17.7 Å². The third-order valence-corrected chi connectivity index (χ3v) is 3.98. The SMILES string of the molecule is COc1cccc(NC(=O)c2cncc(C(=O)Nc3ccccc3C)c2)c1. The van der Waals surface area contributed by atoms with Crippen molar-refractivity contribution < 1.29 is 14.3 Å². The Morgan fingerprint density at radius 2 is 1.59 bits per heavy atom. The Kier molecular flexibility index (Phi) is 5.47. The molecule has 2 N–H and O–H groups in total. The van der Waals surface area contributed by atoms with Gasteiger partial charge in [-0.3, -0.25) is 14.6 Å². The highest BCUT2D eigenvalue weighted by atomic mass is 16.5. The number of carbonyl (C=O) groups excluding carboxylic acids is 2. The first kappa shape index (κ1) is 18.1. The number of benzene rings is 2. The van der Waals surface area contributed by atoms with E-state index in [2.05, 4.69) is 15.6 Å². The second kappa shape index (κ2) is 8.14. The molecule has 6 nitrogen and oxygen atoms in total. The van der Waals surface area contributed by atoms with E-state index in [1.54, 1.807) is 31.4 Å². The van der Waals surface area contributed by atoms with Gasteiger partial charge in [-0.15, -0.1) is 0 Å². The molecule has 0 bridgehead atoms. The average molecular weight is 361 g/mol. The molecule has 2 aromatic carbocycles. The largest absolute Gasteiger partial charge is 0.497 e. The molecule has 27 heavy (non-hydrogen) atoms. The van der Waals surface area contributed by atoms with Crippen LogP contribution in [0.5, 0.6) is 5.75 Å². The molecule has 3 aromatic rings. The normalized spacial score (nSPS) is 10.1. The Morgan fingerprint density at radius 1 is 0.889 bits per heavy atom. The van der Waals surface area contributed by atoms with Crippen molar-refractivity contribution in [3.05, 3.63) is 83.7 Å². The number of hydrogen-bond acceptors (Lipinski definition) is 4. The van der Waals surface area contributed by atoms with Gasteiger partial charge in [-0.1, -0.05) is 24.3 Å². The molecule has 0 atom stereocenters. The lowest BCUT2D eigenvalue weighted by Gasteiger charge is -2.09. The van der Waals surface area contributed by atoms with Crippen LogP contribution in [0, 0.1) is 6.92 Å². The van der Waals surface area contributed by atoms with Crippen LogP contribution in [0.15, 0.2) is 67.0 Å². The zero-order valence-electron chi connectivity index (χ0n) is 15.0. The quantitative estimate of drug-likeness (QED) is 0.722. The van der Waals surface area contributed by atoms with Gasteiger partial charge in [0.1, 0.15) is 5.75 Å². The third kappa shape index (κ3) is 4.49. The van der Waals surface area contributed by atoms with E-state index in [1.165, 1.54) is 18.5 Å². The average Bonchev–Trinajstić information content (AvgIpc) is 2.70. The lowest BCUT2D eigenvalue weighted by molar-refractivity contribution is 0.102. The van der Waals surface area contributed by atoms with Gasteiger partial charge in [0.25, 0.3) is 11.8 Å². The number of anilines is 2. The van der Waals surface area contributed by atoms with Gasteiger partial charge in [0.05, 0.1) is 18.2 Å². The van der Waals surface area contributed by atoms with Crippen molar-refractivity contribution in [2.45, 2.75) is 6.92 Å². The molecule has 1 heterocycles. The summed E-state index contributed by atoms with van der Waals surface area (Å²) in [6.07, 6.45) is 2.84. The summed E-state index contributed by atoms with van der Waals surface area (Å²) in [7, 11) is 1.56. The molecule has 6 heteroatoms. The van der Waals surface area contributed by atoms with Gasteiger partial charge in [0, 0.05) is 29.8 Å². The summed E-state index contributed by atoms with van der Waals surface area (Å²) in [5.74, 6) is -0.0496. The number of ether oxygens (including phenoxy) is 1. The van der Waals surface area contributed by atoms with E-state index in [4.69, 9.17) is 4.74 Å². The van der Waals surface area contributed by atoms with Crippen molar-refractivity contribution in [1.82, 2.24) is 4.98 Å². The Bertz CT molecular complexity index is 986. The molecule has 0 spiro atoms. The van der Waals surface area contributed by atoms with Crippen LogP contribution in [0.1, 0.15) is 26.3 Å². The van der Waals surface area contributed by atoms with E-state index in [1.807, 2.05) is 31.2 Å². The van der Waals surface area contributed by atoms with Crippen molar-refractivity contribution in [3.63, 3.8) is 0 Å². The minimum atomic E-state index is -0.360. The van der Waals surface area contributed by atoms with Crippen LogP contribution in [-0.2, 0) is 0 Å². The van der Waals surface area contributed by atoms with E-state index in [-0.39, 0.29) is 17.4 Å². The van der Waals surface area contributed by atoms with Crippen molar-refractivity contribution in [3.8, 4) is 5.75 Å². The molecule has 0 aliphatic carbocycles. The number of pyridine rings is 1. The predicted molar refractivity (Wildman–Crippen MR) is 104 cm³/mol. The number of hydrogen-bond donors (Lipinski definition) is 2. The minimum Gasteiger partial charge on any atom is -0.497 e. The lowest BCUT2D eigenvalue weighted by Crippen LogP contribution is -2.16. The number of aromatic nitrogens is 1. The molecule has 0 fully saturated rings. The Hall–Kier alpha value is -3.67. The van der Waals surface area contributed by atoms with Gasteiger partial charge >= 0.3 is 0 Å². The number of aryl methyl sites for hydroxylation is 1. The Balaban J connectivity index is 1.75. The molecule has 0 saturated heterocycles. The van der Waals surface area contributed by atoms with E-state index < -0.39 is 0 Å². The number of carbonyl (C=O) groups is 2. The zero-order valence-corrected chi connectivity index (χ0v) is 15.0. The maximum Gasteiger partial charge on any atom is 0.257 e. The van der Waals surface area contributed by atoms with Crippen molar-refractivity contribution >= 4 is 23.2 Å². The highest BCUT2D eigenvalue weighted by Gasteiger charge is 2.13. The highest BCUT2D eigenvalue weighted by molar-refractivity contribution is 6.08. The number of nitrogens with zero attached hydrogens (tertiary/aromatic N) is 1. The van der Waals surface area contributed by atoms with Gasteiger partial charge in [-0.2, -0.15) is 0 Å². The minimum absolute atomic E-state index is 0.287. The first-order valence-electron chi connectivity index (χ1n) is 8.34. The van der Waals surface area contributed by atoms with Crippen LogP contribution in [-0.4, -0.2) is 23.9 Å². The predicted octanol–water partition coefficient (Wildman–Crippen LogP) is 3.90. The van der Waals surface area contributed by atoms with E-state index in [0.29, 0.717) is 22.7 Å². The number of rotatable bonds is 5. The molecule has 136 valence electrons. The maximum atomic E-state index is 12.5. The summed E-state index contributed by atoms with van der Waals surface area (Å²) >= 11 is 0.